The van der Waals surface area contributed by atoms with Crippen molar-refractivity contribution in [1.29, 1.82) is 0 Å². The third-order valence-corrected chi connectivity index (χ3v) is 5.48. The van der Waals surface area contributed by atoms with Gasteiger partial charge in [-0.25, -0.2) is 0 Å². The minimum absolute atomic E-state index is 0.0334. The van der Waals surface area contributed by atoms with Crippen molar-refractivity contribution in [2.45, 2.75) is 39.0 Å². The Bertz CT molecular complexity index is 878. The van der Waals surface area contributed by atoms with Crippen molar-refractivity contribution in [1.82, 2.24) is 4.90 Å². The number of methoxy groups -OCH3 is 1. The van der Waals surface area contributed by atoms with E-state index in [-0.39, 0.29) is 23.1 Å². The summed E-state index contributed by atoms with van der Waals surface area (Å²) in [6.07, 6.45) is 1.31. The molecule has 5 nitrogen and oxygen atoms in total. The summed E-state index contributed by atoms with van der Waals surface area (Å²) in [6.45, 7) is 7.55. The lowest BCUT2D eigenvalue weighted by Crippen LogP contribution is -2.41. The van der Waals surface area contributed by atoms with Crippen molar-refractivity contribution < 1.29 is 14.3 Å². The number of ether oxygens (including phenoxy) is 1. The first-order chi connectivity index (χ1) is 13.8. The van der Waals surface area contributed by atoms with Crippen molar-refractivity contribution in [2.75, 3.05) is 25.5 Å². The first kappa shape index (κ1) is 20.9. The van der Waals surface area contributed by atoms with E-state index < -0.39 is 0 Å². The molecule has 0 unspecified atom stereocenters. The molecule has 2 amide bonds. The number of amides is 2. The van der Waals surface area contributed by atoms with E-state index in [0.29, 0.717) is 37.2 Å². The zero-order valence-electron chi connectivity index (χ0n) is 17.7. The molecule has 0 atom stereocenters. The van der Waals surface area contributed by atoms with Gasteiger partial charge in [0.25, 0.3) is 5.91 Å². The number of likely N-dealkylation sites (tertiary alicyclic amines) is 1. The summed E-state index contributed by atoms with van der Waals surface area (Å²) in [4.78, 5) is 27.5. The Morgan fingerprint density at radius 3 is 2.28 bits per heavy atom. The Morgan fingerprint density at radius 2 is 1.62 bits per heavy atom. The van der Waals surface area contributed by atoms with Gasteiger partial charge in [-0.1, -0.05) is 51.1 Å². The van der Waals surface area contributed by atoms with Crippen LogP contribution < -0.4 is 10.1 Å². The van der Waals surface area contributed by atoms with Gasteiger partial charge in [0.2, 0.25) is 5.91 Å². The molecular formula is C24H30N2O3. The van der Waals surface area contributed by atoms with Crippen LogP contribution in [0.15, 0.2) is 48.5 Å². The SMILES string of the molecule is COc1ccccc1C(=O)N1CCC(C(=O)Nc2ccccc2C(C)(C)C)CC1. The first-order valence-corrected chi connectivity index (χ1v) is 10.1. The number of rotatable bonds is 4. The predicted octanol–water partition coefficient (Wildman–Crippen LogP) is 4.48. The molecule has 5 heteroatoms. The Labute approximate surface area is 173 Å². The Hall–Kier alpha value is -2.82. The van der Waals surface area contributed by atoms with Gasteiger partial charge in [0.15, 0.2) is 0 Å². The lowest BCUT2D eigenvalue weighted by molar-refractivity contribution is -0.121. The van der Waals surface area contributed by atoms with Crippen LogP contribution in [-0.4, -0.2) is 36.9 Å². The van der Waals surface area contributed by atoms with Crippen molar-refractivity contribution in [3.05, 3.63) is 59.7 Å². The molecule has 0 aliphatic carbocycles. The third kappa shape index (κ3) is 4.78. The number of benzene rings is 2. The molecule has 0 bridgehead atoms. The fourth-order valence-electron chi connectivity index (χ4n) is 3.82. The fraction of sp³-hybridized carbons (Fsp3) is 0.417. The normalized spacial score (nSPS) is 15.1. The molecule has 154 valence electrons. The van der Waals surface area contributed by atoms with Gasteiger partial charge in [-0.2, -0.15) is 0 Å². The van der Waals surface area contributed by atoms with Crippen LogP contribution in [0.2, 0.25) is 0 Å². The average Bonchev–Trinajstić information content (AvgIpc) is 2.73. The molecule has 1 heterocycles. The molecule has 1 aliphatic heterocycles. The van der Waals surface area contributed by atoms with Crippen molar-refractivity contribution in [2.24, 2.45) is 5.92 Å². The lowest BCUT2D eigenvalue weighted by Gasteiger charge is -2.32. The number of hydrogen-bond acceptors (Lipinski definition) is 3. The maximum atomic E-state index is 12.9. The van der Waals surface area contributed by atoms with Crippen LogP contribution in [0.3, 0.4) is 0 Å². The van der Waals surface area contributed by atoms with Crippen LogP contribution in [0.25, 0.3) is 0 Å². The van der Waals surface area contributed by atoms with Gasteiger partial charge in [0.1, 0.15) is 5.75 Å². The maximum Gasteiger partial charge on any atom is 0.257 e. The number of nitrogens with one attached hydrogen (secondary N) is 1. The summed E-state index contributed by atoms with van der Waals surface area (Å²) >= 11 is 0. The van der Waals surface area contributed by atoms with E-state index in [1.54, 1.807) is 19.2 Å². The number of para-hydroxylation sites is 2. The Kier molecular flexibility index (Phi) is 6.26. The zero-order chi connectivity index (χ0) is 21.0. The molecule has 29 heavy (non-hydrogen) atoms. The van der Waals surface area contributed by atoms with Crippen LogP contribution in [-0.2, 0) is 10.2 Å². The molecule has 1 N–H and O–H groups in total. The minimum Gasteiger partial charge on any atom is -0.496 e. The van der Waals surface area contributed by atoms with Crippen LogP contribution in [0.4, 0.5) is 5.69 Å². The van der Waals surface area contributed by atoms with E-state index in [1.807, 2.05) is 35.2 Å². The van der Waals surface area contributed by atoms with E-state index in [2.05, 4.69) is 32.2 Å². The molecule has 0 saturated carbocycles. The molecule has 2 aromatic rings. The highest BCUT2D eigenvalue weighted by Crippen LogP contribution is 2.30. The fourth-order valence-corrected chi connectivity index (χ4v) is 3.82. The minimum atomic E-state index is -0.0928. The average molecular weight is 395 g/mol. The van der Waals surface area contributed by atoms with Gasteiger partial charge in [-0.3, -0.25) is 9.59 Å². The van der Waals surface area contributed by atoms with Crippen LogP contribution in [0.5, 0.6) is 5.75 Å². The third-order valence-electron chi connectivity index (χ3n) is 5.48. The quantitative estimate of drug-likeness (QED) is 0.832. The summed E-state index contributed by atoms with van der Waals surface area (Å²) in [5.74, 6) is 0.478. The number of piperidine rings is 1. The largest absolute Gasteiger partial charge is 0.496 e. The van der Waals surface area contributed by atoms with Gasteiger partial charge < -0.3 is 15.0 Å². The second-order valence-electron chi connectivity index (χ2n) is 8.55. The molecule has 1 saturated heterocycles. The summed E-state index contributed by atoms with van der Waals surface area (Å²) in [5.41, 5.74) is 2.51. The lowest BCUT2D eigenvalue weighted by atomic mass is 9.85. The van der Waals surface area contributed by atoms with Gasteiger partial charge in [-0.15, -0.1) is 0 Å². The number of nitrogens with zero attached hydrogens (tertiary/aromatic N) is 1. The van der Waals surface area contributed by atoms with Gasteiger partial charge in [-0.05, 0) is 42.0 Å². The monoisotopic (exact) mass is 394 g/mol. The molecule has 0 radical (unpaired) electrons. The molecule has 3 rings (SSSR count). The molecule has 0 spiro atoms. The van der Waals surface area contributed by atoms with Crippen LogP contribution in [0, 0.1) is 5.92 Å². The highest BCUT2D eigenvalue weighted by molar-refractivity contribution is 5.97. The second kappa shape index (κ2) is 8.68. The summed E-state index contributed by atoms with van der Waals surface area (Å²) in [7, 11) is 1.57. The van der Waals surface area contributed by atoms with E-state index in [4.69, 9.17) is 4.74 Å². The highest BCUT2D eigenvalue weighted by atomic mass is 16.5. The Balaban J connectivity index is 1.63. The van der Waals surface area contributed by atoms with E-state index >= 15 is 0 Å². The standard InChI is InChI=1S/C24H30N2O3/c1-24(2,3)19-10-6-7-11-20(19)25-22(27)17-13-15-26(16-14-17)23(28)18-9-5-8-12-21(18)29-4/h5-12,17H,13-16H2,1-4H3,(H,25,27). The first-order valence-electron chi connectivity index (χ1n) is 10.1. The maximum absolute atomic E-state index is 12.9. The van der Waals surface area contributed by atoms with E-state index in [0.717, 1.165) is 11.3 Å². The zero-order valence-corrected chi connectivity index (χ0v) is 17.7. The number of carbonyl (C=O) groups excluding carboxylic acids is 2. The molecular weight excluding hydrogens is 364 g/mol. The number of hydrogen-bond donors (Lipinski definition) is 1. The van der Waals surface area contributed by atoms with Crippen LogP contribution >= 0.6 is 0 Å². The van der Waals surface area contributed by atoms with Gasteiger partial charge in [0, 0.05) is 24.7 Å². The van der Waals surface area contributed by atoms with E-state index in [9.17, 15) is 9.59 Å². The summed E-state index contributed by atoms with van der Waals surface area (Å²) in [6, 6.07) is 15.2. The molecule has 1 fully saturated rings. The van der Waals surface area contributed by atoms with Gasteiger partial charge in [0.05, 0.1) is 12.7 Å². The second-order valence-corrected chi connectivity index (χ2v) is 8.55. The summed E-state index contributed by atoms with van der Waals surface area (Å²) in [5, 5.41) is 3.12. The highest BCUT2D eigenvalue weighted by Gasteiger charge is 2.29. The van der Waals surface area contributed by atoms with Crippen molar-refractivity contribution >= 4 is 17.5 Å². The number of anilines is 1. The van der Waals surface area contributed by atoms with Crippen molar-refractivity contribution in [3.63, 3.8) is 0 Å². The molecule has 1 aliphatic rings. The summed E-state index contributed by atoms with van der Waals surface area (Å²) < 4.78 is 5.31. The van der Waals surface area contributed by atoms with Crippen LogP contribution in [0.1, 0.15) is 49.5 Å². The molecule has 2 aromatic carbocycles. The van der Waals surface area contributed by atoms with Crippen molar-refractivity contribution in [3.8, 4) is 5.75 Å². The van der Waals surface area contributed by atoms with E-state index in [1.165, 1.54) is 0 Å². The predicted molar refractivity (Wildman–Crippen MR) is 115 cm³/mol. The Morgan fingerprint density at radius 1 is 1.00 bits per heavy atom. The topological polar surface area (TPSA) is 58.6 Å². The smallest absolute Gasteiger partial charge is 0.257 e. The molecule has 0 aromatic heterocycles. The number of carbonyl (C=O) groups is 2. The van der Waals surface area contributed by atoms with Gasteiger partial charge >= 0.3 is 0 Å².